The fourth-order valence-electron chi connectivity index (χ4n) is 3.00. The summed E-state index contributed by atoms with van der Waals surface area (Å²) in [5.41, 5.74) is 1.52. The van der Waals surface area contributed by atoms with Crippen molar-refractivity contribution in [2.75, 3.05) is 12.0 Å². The van der Waals surface area contributed by atoms with E-state index in [1.54, 1.807) is 30.2 Å². The quantitative estimate of drug-likeness (QED) is 0.937. The van der Waals surface area contributed by atoms with Crippen molar-refractivity contribution in [1.82, 2.24) is 0 Å². The Morgan fingerprint density at radius 3 is 2.71 bits per heavy atom. The minimum absolute atomic E-state index is 0.0397. The summed E-state index contributed by atoms with van der Waals surface area (Å²) >= 11 is 0. The molecule has 24 heavy (non-hydrogen) atoms. The molecule has 0 bridgehead atoms. The van der Waals surface area contributed by atoms with Crippen LogP contribution in [0.2, 0.25) is 0 Å². The number of aromatic hydroxyl groups is 1. The normalized spacial score (nSPS) is 16.8. The van der Waals surface area contributed by atoms with Crippen molar-refractivity contribution < 1.29 is 19.4 Å². The Morgan fingerprint density at radius 2 is 2.00 bits per heavy atom. The lowest BCUT2D eigenvalue weighted by molar-refractivity contribution is -0.126. The summed E-state index contributed by atoms with van der Waals surface area (Å²) in [6.45, 7) is 3.88. The van der Waals surface area contributed by atoms with Crippen LogP contribution < -0.4 is 14.4 Å². The Morgan fingerprint density at radius 1 is 1.25 bits per heavy atom. The van der Waals surface area contributed by atoms with Gasteiger partial charge in [-0.3, -0.25) is 4.79 Å². The molecule has 0 spiro atoms. The number of phenols is 1. The number of carbonyl (C=O) groups excluding carboxylic acids is 1. The molecule has 0 aliphatic carbocycles. The third kappa shape index (κ3) is 2.89. The summed E-state index contributed by atoms with van der Waals surface area (Å²) in [6, 6.07) is 12.4. The fraction of sp³-hybridized carbons (Fsp3) is 0.316. The van der Waals surface area contributed by atoms with Crippen LogP contribution in [0.5, 0.6) is 17.2 Å². The molecule has 5 nitrogen and oxygen atoms in total. The van der Waals surface area contributed by atoms with Crippen LogP contribution in [0, 0.1) is 0 Å². The lowest BCUT2D eigenvalue weighted by Gasteiger charge is -2.37. The summed E-state index contributed by atoms with van der Waals surface area (Å²) in [7, 11) is 1.61. The molecule has 2 aromatic rings. The molecule has 1 aliphatic heterocycles. The number of ether oxygens (including phenoxy) is 2. The molecule has 0 radical (unpaired) electrons. The largest absolute Gasteiger partial charge is 0.508 e. The van der Waals surface area contributed by atoms with Gasteiger partial charge in [-0.25, -0.2) is 0 Å². The third-order valence-corrected chi connectivity index (χ3v) is 4.10. The van der Waals surface area contributed by atoms with Crippen LogP contribution in [-0.2, 0) is 11.2 Å². The second kappa shape index (κ2) is 6.43. The van der Waals surface area contributed by atoms with Crippen LogP contribution in [0.25, 0.3) is 0 Å². The van der Waals surface area contributed by atoms with Gasteiger partial charge in [0, 0.05) is 18.5 Å². The zero-order valence-corrected chi connectivity index (χ0v) is 14.0. The summed E-state index contributed by atoms with van der Waals surface area (Å²) in [5, 5.41) is 9.73. The molecule has 1 N–H and O–H groups in total. The molecular weight excluding hydrogens is 306 g/mol. The number of para-hydroxylation sites is 1. The molecule has 3 rings (SSSR count). The molecule has 1 unspecified atom stereocenters. The van der Waals surface area contributed by atoms with Gasteiger partial charge >= 0.3 is 0 Å². The zero-order valence-electron chi connectivity index (χ0n) is 14.0. The van der Waals surface area contributed by atoms with E-state index in [2.05, 4.69) is 0 Å². The number of rotatable bonds is 4. The fourth-order valence-corrected chi connectivity index (χ4v) is 3.00. The predicted molar refractivity (Wildman–Crippen MR) is 91.8 cm³/mol. The Balaban J connectivity index is 1.96. The lowest BCUT2D eigenvalue weighted by atomic mass is 10.0. The Bertz CT molecular complexity index is 757. The van der Waals surface area contributed by atoms with Gasteiger partial charge in [-0.05, 0) is 37.6 Å². The highest BCUT2D eigenvalue weighted by Gasteiger charge is 2.36. The van der Waals surface area contributed by atoms with E-state index < -0.39 is 6.10 Å². The van der Waals surface area contributed by atoms with Crippen molar-refractivity contribution in [3.8, 4) is 17.2 Å². The number of benzene rings is 2. The summed E-state index contributed by atoms with van der Waals surface area (Å²) in [4.78, 5) is 14.6. The number of phenolic OH excluding ortho intramolecular Hbond substituents is 1. The number of anilines is 1. The van der Waals surface area contributed by atoms with Gasteiger partial charge in [-0.2, -0.15) is 0 Å². The van der Waals surface area contributed by atoms with E-state index in [-0.39, 0.29) is 17.7 Å². The highest BCUT2D eigenvalue weighted by Crippen LogP contribution is 2.38. The number of hydrogen-bond donors (Lipinski definition) is 1. The first-order chi connectivity index (χ1) is 11.5. The monoisotopic (exact) mass is 327 g/mol. The average Bonchev–Trinajstić information content (AvgIpc) is 2.56. The standard InChI is InChI=1S/C19H21NO4/c1-12(2)20-15-11-14(21)8-9-17(15)24-18(19(20)22)10-13-6-4-5-7-16(13)23-3/h4-9,11-12,18,21H,10H2,1-3H3. The minimum atomic E-state index is -0.624. The molecule has 1 heterocycles. The van der Waals surface area contributed by atoms with E-state index in [9.17, 15) is 9.90 Å². The molecule has 0 fully saturated rings. The number of carbonyl (C=O) groups is 1. The number of hydrogen-bond acceptors (Lipinski definition) is 4. The van der Waals surface area contributed by atoms with Crippen molar-refractivity contribution in [1.29, 1.82) is 0 Å². The summed E-state index contributed by atoms with van der Waals surface area (Å²) in [5.74, 6) is 1.33. The van der Waals surface area contributed by atoms with Gasteiger partial charge in [0.2, 0.25) is 0 Å². The topological polar surface area (TPSA) is 59.0 Å². The van der Waals surface area contributed by atoms with E-state index in [4.69, 9.17) is 9.47 Å². The first-order valence-electron chi connectivity index (χ1n) is 7.96. The van der Waals surface area contributed by atoms with Crippen LogP contribution in [-0.4, -0.2) is 30.3 Å². The van der Waals surface area contributed by atoms with E-state index in [1.165, 1.54) is 0 Å². The van der Waals surface area contributed by atoms with E-state index in [1.807, 2.05) is 38.1 Å². The van der Waals surface area contributed by atoms with E-state index >= 15 is 0 Å². The van der Waals surface area contributed by atoms with Gasteiger partial charge in [-0.15, -0.1) is 0 Å². The van der Waals surface area contributed by atoms with Gasteiger partial charge in [0.1, 0.15) is 17.2 Å². The highest BCUT2D eigenvalue weighted by atomic mass is 16.5. The van der Waals surface area contributed by atoms with Gasteiger partial charge in [0.25, 0.3) is 5.91 Å². The van der Waals surface area contributed by atoms with Crippen molar-refractivity contribution in [2.45, 2.75) is 32.4 Å². The Hall–Kier alpha value is -2.69. The molecule has 0 saturated carbocycles. The number of amides is 1. The molecule has 2 aromatic carbocycles. The molecule has 0 saturated heterocycles. The lowest BCUT2D eigenvalue weighted by Crippen LogP contribution is -2.49. The Kier molecular flexibility index (Phi) is 4.34. The highest BCUT2D eigenvalue weighted by molar-refractivity contribution is 6.00. The summed E-state index contributed by atoms with van der Waals surface area (Å²) < 4.78 is 11.3. The maximum atomic E-state index is 12.9. The van der Waals surface area contributed by atoms with Crippen molar-refractivity contribution in [3.05, 3.63) is 48.0 Å². The van der Waals surface area contributed by atoms with Crippen LogP contribution in [0.15, 0.2) is 42.5 Å². The SMILES string of the molecule is COc1ccccc1CC1Oc2ccc(O)cc2N(C(C)C)C1=O. The predicted octanol–water partition coefficient (Wildman–Crippen LogP) is 3.15. The van der Waals surface area contributed by atoms with Crippen molar-refractivity contribution >= 4 is 11.6 Å². The second-order valence-electron chi connectivity index (χ2n) is 6.08. The van der Waals surface area contributed by atoms with Gasteiger partial charge in [0.15, 0.2) is 6.10 Å². The van der Waals surface area contributed by atoms with Gasteiger partial charge < -0.3 is 19.5 Å². The van der Waals surface area contributed by atoms with Crippen LogP contribution in [0.1, 0.15) is 19.4 Å². The number of nitrogens with zero attached hydrogens (tertiary/aromatic N) is 1. The van der Waals surface area contributed by atoms with Crippen molar-refractivity contribution in [2.24, 2.45) is 0 Å². The molecule has 1 atom stereocenters. The van der Waals surface area contributed by atoms with Gasteiger partial charge in [-0.1, -0.05) is 18.2 Å². The first kappa shape index (κ1) is 16.2. The second-order valence-corrected chi connectivity index (χ2v) is 6.08. The van der Waals surface area contributed by atoms with Crippen LogP contribution in [0.3, 0.4) is 0 Å². The molecular formula is C19H21NO4. The molecule has 1 aliphatic rings. The first-order valence-corrected chi connectivity index (χ1v) is 7.96. The maximum Gasteiger partial charge on any atom is 0.268 e. The maximum absolute atomic E-state index is 12.9. The molecule has 126 valence electrons. The van der Waals surface area contributed by atoms with E-state index in [0.717, 1.165) is 11.3 Å². The minimum Gasteiger partial charge on any atom is -0.508 e. The number of methoxy groups -OCH3 is 1. The zero-order chi connectivity index (χ0) is 17.3. The van der Waals surface area contributed by atoms with E-state index in [0.29, 0.717) is 17.9 Å². The van der Waals surface area contributed by atoms with Crippen LogP contribution >= 0.6 is 0 Å². The molecule has 5 heteroatoms. The Labute approximate surface area is 141 Å². The molecule has 1 amide bonds. The number of fused-ring (bicyclic) bond motifs is 1. The summed E-state index contributed by atoms with van der Waals surface area (Å²) in [6.07, 6.45) is -0.201. The smallest absolute Gasteiger partial charge is 0.268 e. The van der Waals surface area contributed by atoms with Gasteiger partial charge in [0.05, 0.1) is 12.8 Å². The third-order valence-electron chi connectivity index (χ3n) is 4.10. The van der Waals surface area contributed by atoms with Crippen molar-refractivity contribution in [3.63, 3.8) is 0 Å². The van der Waals surface area contributed by atoms with Crippen LogP contribution in [0.4, 0.5) is 5.69 Å². The molecule has 0 aromatic heterocycles. The average molecular weight is 327 g/mol.